The van der Waals surface area contributed by atoms with Crippen LogP contribution in [0.5, 0.6) is 0 Å². The molecule has 5 heteroatoms. The third-order valence-electron chi connectivity index (χ3n) is 13.3. The van der Waals surface area contributed by atoms with Gasteiger partial charge >= 0.3 is 11.9 Å². The summed E-state index contributed by atoms with van der Waals surface area (Å²) in [6, 6.07) is 0. The molecule has 0 fully saturated rings. The highest BCUT2D eigenvalue weighted by molar-refractivity contribution is 5.70. The van der Waals surface area contributed by atoms with E-state index in [0.29, 0.717) is 12.8 Å². The van der Waals surface area contributed by atoms with Gasteiger partial charge < -0.3 is 14.6 Å². The van der Waals surface area contributed by atoms with Crippen LogP contribution in [0.3, 0.4) is 0 Å². The van der Waals surface area contributed by atoms with Gasteiger partial charge in [0, 0.05) is 12.8 Å². The first-order chi connectivity index (χ1) is 43.6. The molecule has 0 spiro atoms. The van der Waals surface area contributed by atoms with E-state index in [1.165, 1.54) is 12.8 Å². The molecule has 88 heavy (non-hydrogen) atoms. The van der Waals surface area contributed by atoms with Crippen LogP contribution in [0, 0.1) is 0 Å². The Kier molecular flexibility index (Phi) is 69.1. The Morgan fingerprint density at radius 3 is 0.693 bits per heavy atom. The smallest absolute Gasteiger partial charge is 0.306 e. The Balaban J connectivity index is 3.72. The average Bonchev–Trinajstić information content (AvgIpc) is 3.55. The zero-order valence-corrected chi connectivity index (χ0v) is 55.4. The van der Waals surface area contributed by atoms with E-state index in [2.05, 4.69) is 269 Å². The second kappa shape index (κ2) is 74.7. The standard InChI is InChI=1S/C83H122O5/c1-3-5-7-9-11-13-15-17-19-21-23-25-27-29-31-33-35-37-39-41-43-45-47-49-51-53-55-57-59-61-63-65-67-69-71-73-75-77-82(85)87-80-81(79-84)88-83(86)78-76-74-72-70-68-66-64-62-60-58-56-54-52-50-48-46-44-42-40-38-36-34-32-30-28-26-24-22-20-18-16-14-12-10-8-6-4-2/h5-8,11-14,17-20,23-26,29-32,35-38,41-44,47-50,53-56,59-62,66,68,81,84H,3-4,9-10,15-16,21-22,27-28,33-34,39-40,45-46,51-52,57-58,63-65,67,69-80H2,1-2H3/b7-5-,8-6-,13-11-,14-12-,19-17-,20-18-,25-23-,26-24-,31-29-,32-30-,37-35-,38-36-,43-41-,44-42-,49-47-,50-48-,55-53-,56-54-,61-59-,62-60-,68-66-. The highest BCUT2D eigenvalue weighted by Gasteiger charge is 2.16. The van der Waals surface area contributed by atoms with Crippen LogP contribution in [0.1, 0.15) is 232 Å². The molecule has 1 unspecified atom stereocenters. The van der Waals surface area contributed by atoms with Gasteiger partial charge in [0.2, 0.25) is 0 Å². The highest BCUT2D eigenvalue weighted by Crippen LogP contribution is 2.12. The summed E-state index contributed by atoms with van der Waals surface area (Å²) in [5.74, 6) is -0.668. The first kappa shape index (κ1) is 81.4. The number of carbonyl (C=O) groups excluding carboxylic acids is 2. The summed E-state index contributed by atoms with van der Waals surface area (Å²) in [6.07, 6.45) is 125. The van der Waals surface area contributed by atoms with Crippen molar-refractivity contribution in [2.45, 2.75) is 238 Å². The Morgan fingerprint density at radius 1 is 0.261 bits per heavy atom. The van der Waals surface area contributed by atoms with Gasteiger partial charge in [0.1, 0.15) is 6.61 Å². The minimum Gasteiger partial charge on any atom is -0.462 e. The summed E-state index contributed by atoms with van der Waals surface area (Å²) in [5, 5.41) is 9.69. The molecule has 1 N–H and O–H groups in total. The molecular formula is C83H122O5. The van der Waals surface area contributed by atoms with Crippen LogP contribution in [0.25, 0.3) is 0 Å². The summed E-state index contributed by atoms with van der Waals surface area (Å²) < 4.78 is 10.7. The van der Waals surface area contributed by atoms with Crippen LogP contribution < -0.4 is 0 Å². The quantitative estimate of drug-likeness (QED) is 0.0373. The molecule has 0 aromatic carbocycles. The minimum atomic E-state index is -0.820. The number of unbranched alkanes of at least 4 members (excludes halogenated alkanes) is 9. The van der Waals surface area contributed by atoms with Gasteiger partial charge in [0.25, 0.3) is 0 Å². The molecule has 0 bridgehead atoms. The van der Waals surface area contributed by atoms with Crippen LogP contribution in [0.15, 0.2) is 255 Å². The molecule has 5 nitrogen and oxygen atoms in total. The zero-order valence-electron chi connectivity index (χ0n) is 55.4. The van der Waals surface area contributed by atoms with Gasteiger partial charge in [0.05, 0.1) is 6.61 Å². The van der Waals surface area contributed by atoms with Crippen molar-refractivity contribution in [3.05, 3.63) is 255 Å². The van der Waals surface area contributed by atoms with E-state index in [1.54, 1.807) is 0 Å². The van der Waals surface area contributed by atoms with Gasteiger partial charge in [-0.15, -0.1) is 0 Å². The van der Waals surface area contributed by atoms with Crippen molar-refractivity contribution >= 4 is 11.9 Å². The lowest BCUT2D eigenvalue weighted by Gasteiger charge is -2.15. The molecule has 0 rings (SSSR count). The summed E-state index contributed by atoms with van der Waals surface area (Å²) in [4.78, 5) is 24.6. The van der Waals surface area contributed by atoms with Crippen LogP contribution in [0.4, 0.5) is 0 Å². The molecule has 0 saturated carbocycles. The van der Waals surface area contributed by atoms with Crippen molar-refractivity contribution in [1.29, 1.82) is 0 Å². The number of aliphatic hydroxyl groups excluding tert-OH is 1. The number of aliphatic hydroxyl groups is 1. The fourth-order valence-electron chi connectivity index (χ4n) is 8.29. The molecule has 0 saturated heterocycles. The lowest BCUT2D eigenvalue weighted by Crippen LogP contribution is -2.28. The van der Waals surface area contributed by atoms with E-state index in [-0.39, 0.29) is 25.2 Å². The fraction of sp³-hybridized carbons (Fsp3) is 0.470. The van der Waals surface area contributed by atoms with Gasteiger partial charge in [-0.25, -0.2) is 0 Å². The van der Waals surface area contributed by atoms with Crippen LogP contribution >= 0.6 is 0 Å². The largest absolute Gasteiger partial charge is 0.462 e. The number of esters is 2. The molecule has 0 amide bonds. The molecule has 0 radical (unpaired) electrons. The maximum absolute atomic E-state index is 12.3. The van der Waals surface area contributed by atoms with Gasteiger partial charge in [0.15, 0.2) is 6.10 Å². The third kappa shape index (κ3) is 71.9. The zero-order chi connectivity index (χ0) is 63.3. The second-order valence-corrected chi connectivity index (χ2v) is 21.4. The minimum absolute atomic E-state index is 0.106. The fourth-order valence-corrected chi connectivity index (χ4v) is 8.29. The SMILES string of the molecule is CC/C=C\C/C=C\C/C=C\C/C=C\C/C=C\C/C=C\C/C=C\C/C=C\C/C=C\C/C=C\C/C=C\CCCCCC(=O)OC(CO)COC(=O)CCCCCCCC/C=C\C/C=C\C/C=C\C/C=C\C/C=C\C/C=C\C/C=C\C/C=C\C/C=C\C/C=C\CC. The molecule has 0 aliphatic heterocycles. The number of carbonyl (C=O) groups is 2. The number of rotatable bonds is 59. The molecule has 0 aliphatic rings. The predicted molar refractivity (Wildman–Crippen MR) is 388 cm³/mol. The molecule has 484 valence electrons. The molecular weight excluding hydrogens is 1080 g/mol. The van der Waals surface area contributed by atoms with Crippen molar-refractivity contribution < 1.29 is 24.2 Å². The van der Waals surface area contributed by atoms with E-state index in [4.69, 9.17) is 9.47 Å². The van der Waals surface area contributed by atoms with Gasteiger partial charge in [-0.2, -0.15) is 0 Å². The monoisotopic (exact) mass is 1200 g/mol. The Hall–Kier alpha value is -6.56. The van der Waals surface area contributed by atoms with E-state index in [0.717, 1.165) is 193 Å². The van der Waals surface area contributed by atoms with Crippen molar-refractivity contribution in [2.24, 2.45) is 0 Å². The lowest BCUT2D eigenvalue weighted by atomic mass is 10.1. The normalized spacial score (nSPS) is 13.9. The van der Waals surface area contributed by atoms with Crippen molar-refractivity contribution in [3.8, 4) is 0 Å². The molecule has 0 aromatic rings. The van der Waals surface area contributed by atoms with Crippen LogP contribution in [0.2, 0.25) is 0 Å². The number of hydrogen-bond donors (Lipinski definition) is 1. The molecule has 0 aliphatic carbocycles. The highest BCUT2D eigenvalue weighted by atomic mass is 16.6. The number of allylic oxidation sites excluding steroid dienone is 42. The third-order valence-corrected chi connectivity index (χ3v) is 13.3. The van der Waals surface area contributed by atoms with E-state index < -0.39 is 6.10 Å². The maximum atomic E-state index is 12.3. The van der Waals surface area contributed by atoms with Crippen LogP contribution in [-0.2, 0) is 19.1 Å². The lowest BCUT2D eigenvalue weighted by molar-refractivity contribution is -0.161. The maximum Gasteiger partial charge on any atom is 0.306 e. The van der Waals surface area contributed by atoms with Crippen molar-refractivity contribution in [2.75, 3.05) is 13.2 Å². The first-order valence-corrected chi connectivity index (χ1v) is 34.2. The predicted octanol–water partition coefficient (Wildman–Crippen LogP) is 24.4. The van der Waals surface area contributed by atoms with Gasteiger partial charge in [-0.1, -0.05) is 301 Å². The van der Waals surface area contributed by atoms with Crippen molar-refractivity contribution in [3.63, 3.8) is 0 Å². The Labute approximate surface area is 540 Å². The molecule has 0 aromatic heterocycles. The number of ether oxygens (including phenoxy) is 2. The first-order valence-electron chi connectivity index (χ1n) is 34.2. The number of hydrogen-bond acceptors (Lipinski definition) is 5. The topological polar surface area (TPSA) is 72.8 Å². The Morgan fingerprint density at radius 2 is 0.455 bits per heavy atom. The molecule has 1 atom stereocenters. The average molecular weight is 1200 g/mol. The van der Waals surface area contributed by atoms with Crippen molar-refractivity contribution in [1.82, 2.24) is 0 Å². The van der Waals surface area contributed by atoms with E-state index in [1.807, 2.05) is 0 Å². The van der Waals surface area contributed by atoms with Crippen LogP contribution in [-0.4, -0.2) is 36.4 Å². The van der Waals surface area contributed by atoms with E-state index in [9.17, 15) is 14.7 Å². The van der Waals surface area contributed by atoms with Gasteiger partial charge in [-0.05, 0) is 173 Å². The van der Waals surface area contributed by atoms with E-state index >= 15 is 0 Å². The summed E-state index contributed by atoms with van der Waals surface area (Å²) in [6.45, 7) is 3.85. The summed E-state index contributed by atoms with van der Waals surface area (Å²) >= 11 is 0. The van der Waals surface area contributed by atoms with Gasteiger partial charge in [-0.3, -0.25) is 9.59 Å². The summed E-state index contributed by atoms with van der Waals surface area (Å²) in [5.41, 5.74) is 0. The second-order valence-electron chi connectivity index (χ2n) is 21.4. The Bertz CT molecular complexity index is 2240. The summed E-state index contributed by atoms with van der Waals surface area (Å²) in [7, 11) is 0. The molecule has 0 heterocycles.